The van der Waals surface area contributed by atoms with Crippen LogP contribution in [0, 0.1) is 5.82 Å². The Hall–Kier alpha value is -1.14. The van der Waals surface area contributed by atoms with Crippen LogP contribution in [-0.4, -0.2) is 28.3 Å². The van der Waals surface area contributed by atoms with E-state index in [-0.39, 0.29) is 10.6 Å². The molecule has 2 N–H and O–H groups in total. The topological polar surface area (TPSA) is 69.4 Å². The van der Waals surface area contributed by atoms with E-state index in [0.717, 1.165) is 31.9 Å². The smallest absolute Gasteiger partial charge is 0.182 e. The van der Waals surface area contributed by atoms with Gasteiger partial charge in [0.05, 0.1) is 7.11 Å². The minimum atomic E-state index is -3.70. The van der Waals surface area contributed by atoms with E-state index in [9.17, 15) is 12.8 Å². The molecule has 1 fully saturated rings. The van der Waals surface area contributed by atoms with Crippen LogP contribution in [0.4, 0.5) is 4.39 Å². The predicted octanol–water partition coefficient (Wildman–Crippen LogP) is 2.01. The van der Waals surface area contributed by atoms with Gasteiger partial charge in [0.2, 0.25) is 0 Å². The molecule has 6 heteroatoms. The Bertz CT molecular complexity index is 607. The zero-order valence-electron chi connectivity index (χ0n) is 11.8. The van der Waals surface area contributed by atoms with Gasteiger partial charge in [-0.15, -0.1) is 0 Å². The molecule has 1 saturated carbocycles. The van der Waals surface area contributed by atoms with E-state index >= 15 is 0 Å². The maximum Gasteiger partial charge on any atom is 0.182 e. The van der Waals surface area contributed by atoms with Crippen molar-refractivity contribution in [2.24, 2.45) is 5.73 Å². The van der Waals surface area contributed by atoms with Gasteiger partial charge in [-0.05, 0) is 24.5 Å². The van der Waals surface area contributed by atoms with E-state index < -0.39 is 21.1 Å². The first-order valence-electron chi connectivity index (χ1n) is 6.63. The van der Waals surface area contributed by atoms with Gasteiger partial charge < -0.3 is 10.5 Å². The van der Waals surface area contributed by atoms with E-state index in [1.54, 1.807) is 6.07 Å². The van der Waals surface area contributed by atoms with Crippen LogP contribution in [0.25, 0.3) is 0 Å². The van der Waals surface area contributed by atoms with Crippen molar-refractivity contribution in [2.45, 2.75) is 36.0 Å². The molecular weight excluding hydrogens is 281 g/mol. The minimum absolute atomic E-state index is 0.0407. The number of rotatable bonds is 4. The monoisotopic (exact) mass is 301 g/mol. The molecule has 0 heterocycles. The lowest BCUT2D eigenvalue weighted by Crippen LogP contribution is -2.33. The molecular formula is C14H20FNO3S. The lowest BCUT2D eigenvalue weighted by molar-refractivity contribution is 0.382. The molecule has 2 rings (SSSR count). The van der Waals surface area contributed by atoms with Crippen molar-refractivity contribution in [1.82, 2.24) is 0 Å². The maximum absolute atomic E-state index is 14.8. The summed E-state index contributed by atoms with van der Waals surface area (Å²) in [6, 6.07) is 3.13. The summed E-state index contributed by atoms with van der Waals surface area (Å²) in [6.45, 7) is 0.319. The summed E-state index contributed by atoms with van der Waals surface area (Å²) >= 11 is 0. The fraction of sp³-hybridized carbons (Fsp3) is 0.571. The molecule has 0 atom stereocenters. The first-order chi connectivity index (χ1) is 9.35. The molecule has 1 aliphatic rings. The normalized spacial score (nSPS) is 18.2. The fourth-order valence-corrected chi connectivity index (χ4v) is 4.04. The van der Waals surface area contributed by atoms with Crippen LogP contribution >= 0.6 is 0 Å². The molecule has 0 spiro atoms. The van der Waals surface area contributed by atoms with Crippen LogP contribution in [0.2, 0.25) is 0 Å². The average molecular weight is 301 g/mol. The van der Waals surface area contributed by atoms with Gasteiger partial charge in [-0.2, -0.15) is 0 Å². The van der Waals surface area contributed by atoms with Gasteiger partial charge in [0.25, 0.3) is 0 Å². The minimum Gasteiger partial charge on any atom is -0.495 e. The van der Waals surface area contributed by atoms with Crippen LogP contribution in [0.3, 0.4) is 0 Å². The highest BCUT2D eigenvalue weighted by Crippen LogP contribution is 2.43. The number of benzene rings is 1. The Balaban J connectivity index is 2.68. The van der Waals surface area contributed by atoms with Gasteiger partial charge in [-0.1, -0.05) is 18.9 Å². The molecule has 0 amide bonds. The highest BCUT2D eigenvalue weighted by atomic mass is 32.2. The van der Waals surface area contributed by atoms with Crippen molar-refractivity contribution in [3.8, 4) is 5.75 Å². The third kappa shape index (κ3) is 2.42. The molecule has 1 aromatic carbocycles. The van der Waals surface area contributed by atoms with Crippen LogP contribution < -0.4 is 10.5 Å². The Labute approximate surface area is 119 Å². The van der Waals surface area contributed by atoms with Gasteiger partial charge in [0.15, 0.2) is 9.84 Å². The average Bonchev–Trinajstić information content (AvgIpc) is 2.86. The molecule has 0 aliphatic heterocycles. The second kappa shape index (κ2) is 5.33. The number of methoxy groups -OCH3 is 1. The molecule has 0 saturated heterocycles. The van der Waals surface area contributed by atoms with Crippen molar-refractivity contribution >= 4 is 9.84 Å². The predicted molar refractivity (Wildman–Crippen MR) is 75.3 cm³/mol. The van der Waals surface area contributed by atoms with Crippen molar-refractivity contribution in [1.29, 1.82) is 0 Å². The van der Waals surface area contributed by atoms with Gasteiger partial charge >= 0.3 is 0 Å². The van der Waals surface area contributed by atoms with Crippen molar-refractivity contribution in [2.75, 3.05) is 19.9 Å². The lowest BCUT2D eigenvalue weighted by Gasteiger charge is -2.29. The number of halogens is 1. The molecule has 20 heavy (non-hydrogen) atoms. The fourth-order valence-electron chi connectivity index (χ4n) is 3.09. The maximum atomic E-state index is 14.8. The highest BCUT2D eigenvalue weighted by Gasteiger charge is 2.38. The Morgan fingerprint density at radius 3 is 2.40 bits per heavy atom. The summed E-state index contributed by atoms with van der Waals surface area (Å²) in [4.78, 5) is -0.364. The largest absolute Gasteiger partial charge is 0.495 e. The number of hydrogen-bond acceptors (Lipinski definition) is 4. The Morgan fingerprint density at radius 2 is 1.95 bits per heavy atom. The zero-order chi connectivity index (χ0) is 15.0. The second-order valence-electron chi connectivity index (χ2n) is 5.42. The van der Waals surface area contributed by atoms with Crippen LogP contribution in [0.15, 0.2) is 17.0 Å². The van der Waals surface area contributed by atoms with Gasteiger partial charge in [-0.3, -0.25) is 0 Å². The summed E-state index contributed by atoms with van der Waals surface area (Å²) in [5, 5.41) is 0. The van der Waals surface area contributed by atoms with Crippen molar-refractivity contribution < 1.29 is 17.5 Å². The summed E-state index contributed by atoms with van der Waals surface area (Å²) in [7, 11) is -2.37. The first kappa shape index (κ1) is 15.3. The summed E-state index contributed by atoms with van der Waals surface area (Å²) in [5.74, 6) is -0.668. The molecule has 0 radical (unpaired) electrons. The molecule has 0 unspecified atom stereocenters. The third-order valence-corrected chi connectivity index (χ3v) is 5.30. The highest BCUT2D eigenvalue weighted by molar-refractivity contribution is 7.90. The Morgan fingerprint density at radius 1 is 1.35 bits per heavy atom. The molecule has 4 nitrogen and oxygen atoms in total. The van der Waals surface area contributed by atoms with Crippen molar-refractivity contribution in [3.63, 3.8) is 0 Å². The quantitative estimate of drug-likeness (QED) is 0.923. The van der Waals surface area contributed by atoms with Crippen LogP contribution in [-0.2, 0) is 15.3 Å². The SMILES string of the molecule is COc1ccc(C2(CN)CCCC2)c(F)c1S(C)(=O)=O. The third-order valence-electron chi connectivity index (χ3n) is 4.17. The van der Waals surface area contributed by atoms with E-state index in [1.807, 2.05) is 0 Å². The molecule has 112 valence electrons. The summed E-state index contributed by atoms with van der Waals surface area (Å²) < 4.78 is 43.5. The van der Waals surface area contributed by atoms with Crippen LogP contribution in [0.1, 0.15) is 31.2 Å². The lowest BCUT2D eigenvalue weighted by atomic mass is 9.78. The van der Waals surface area contributed by atoms with Gasteiger partial charge in [-0.25, -0.2) is 12.8 Å². The summed E-state index contributed by atoms with van der Waals surface area (Å²) in [6.07, 6.45) is 4.53. The first-order valence-corrected chi connectivity index (χ1v) is 8.52. The standard InChI is InChI=1S/C14H20FNO3S/c1-19-11-6-5-10(12(15)13(11)20(2,17)18)14(9-16)7-3-4-8-14/h5-6H,3-4,7-9,16H2,1-2H3. The van der Waals surface area contributed by atoms with Gasteiger partial charge in [0.1, 0.15) is 16.5 Å². The molecule has 0 bridgehead atoms. The van der Waals surface area contributed by atoms with E-state index in [2.05, 4.69) is 0 Å². The molecule has 1 aromatic rings. The number of nitrogens with two attached hydrogens (primary N) is 1. The van der Waals surface area contributed by atoms with Gasteiger partial charge in [0, 0.05) is 18.2 Å². The van der Waals surface area contributed by atoms with Crippen LogP contribution in [0.5, 0.6) is 5.75 Å². The summed E-state index contributed by atoms with van der Waals surface area (Å²) in [5.41, 5.74) is 5.81. The number of hydrogen-bond donors (Lipinski definition) is 1. The van der Waals surface area contributed by atoms with E-state index in [1.165, 1.54) is 13.2 Å². The second-order valence-corrected chi connectivity index (χ2v) is 7.37. The number of sulfone groups is 1. The van der Waals surface area contributed by atoms with Crippen molar-refractivity contribution in [3.05, 3.63) is 23.5 Å². The number of ether oxygens (including phenoxy) is 1. The molecule has 0 aromatic heterocycles. The Kier molecular flexibility index (Phi) is 4.07. The zero-order valence-corrected chi connectivity index (χ0v) is 12.6. The molecule has 1 aliphatic carbocycles. The van der Waals surface area contributed by atoms with E-state index in [0.29, 0.717) is 12.1 Å². The van der Waals surface area contributed by atoms with E-state index in [4.69, 9.17) is 10.5 Å².